The summed E-state index contributed by atoms with van der Waals surface area (Å²) in [6.07, 6.45) is 0.176. The third-order valence-electron chi connectivity index (χ3n) is 7.09. The molecular formula is C23H21N3O4. The zero-order chi connectivity index (χ0) is 20.8. The van der Waals surface area contributed by atoms with Gasteiger partial charge in [0.1, 0.15) is 17.8 Å². The number of nitrogens with one attached hydrogen (secondary N) is 1. The zero-order valence-corrected chi connectivity index (χ0v) is 16.7. The highest BCUT2D eigenvalue weighted by molar-refractivity contribution is 5.99. The summed E-state index contributed by atoms with van der Waals surface area (Å²) in [6.45, 7) is 1.53. The zero-order valence-electron chi connectivity index (χ0n) is 16.7. The molecule has 4 atom stereocenters. The van der Waals surface area contributed by atoms with Crippen molar-refractivity contribution in [1.82, 2.24) is 10.2 Å². The summed E-state index contributed by atoms with van der Waals surface area (Å²) < 4.78 is 6.38. The van der Waals surface area contributed by atoms with Crippen LogP contribution in [0.4, 0.5) is 5.69 Å². The monoisotopic (exact) mass is 403 g/mol. The van der Waals surface area contributed by atoms with Crippen LogP contribution in [-0.4, -0.2) is 48.0 Å². The number of hydrogen-bond donors (Lipinski definition) is 1. The smallest absolute Gasteiger partial charge is 0.245 e. The van der Waals surface area contributed by atoms with E-state index in [0.717, 1.165) is 28.1 Å². The first kappa shape index (κ1) is 17.5. The third-order valence-corrected chi connectivity index (χ3v) is 7.09. The number of nitrogens with zero attached hydrogens (tertiary/aromatic N) is 2. The number of hydrogen-bond acceptors (Lipinski definition) is 4. The largest absolute Gasteiger partial charge is 0.468 e. The van der Waals surface area contributed by atoms with Crippen LogP contribution < -0.4 is 15.0 Å². The first-order valence-electron chi connectivity index (χ1n) is 10.2. The number of para-hydroxylation sites is 1. The van der Waals surface area contributed by atoms with Crippen molar-refractivity contribution in [3.05, 3.63) is 59.2 Å². The van der Waals surface area contributed by atoms with E-state index in [-0.39, 0.29) is 17.7 Å². The predicted molar refractivity (Wildman–Crippen MR) is 108 cm³/mol. The molecule has 152 valence electrons. The molecule has 5 aliphatic heterocycles. The van der Waals surface area contributed by atoms with E-state index in [1.54, 1.807) is 16.8 Å². The summed E-state index contributed by atoms with van der Waals surface area (Å²) in [7, 11) is 1.70. The lowest BCUT2D eigenvalue weighted by Crippen LogP contribution is -2.64. The molecule has 0 radical (unpaired) electrons. The molecule has 0 unspecified atom stereocenters. The average molecular weight is 403 g/mol. The maximum absolute atomic E-state index is 13.1. The summed E-state index contributed by atoms with van der Waals surface area (Å²) in [5, 5.41) is 2.92. The molecule has 0 aliphatic carbocycles. The Bertz CT molecular complexity index is 1150. The van der Waals surface area contributed by atoms with Crippen molar-refractivity contribution in [1.29, 1.82) is 0 Å². The Hall–Kier alpha value is -3.35. The molecule has 2 aromatic rings. The number of benzene rings is 2. The van der Waals surface area contributed by atoms with Crippen molar-refractivity contribution in [3.8, 4) is 5.75 Å². The van der Waals surface area contributed by atoms with E-state index in [9.17, 15) is 14.4 Å². The van der Waals surface area contributed by atoms with E-state index in [1.165, 1.54) is 6.92 Å². The highest BCUT2D eigenvalue weighted by Crippen LogP contribution is 2.59. The van der Waals surface area contributed by atoms with Crippen LogP contribution in [0.2, 0.25) is 0 Å². The lowest BCUT2D eigenvalue weighted by atomic mass is 9.69. The number of anilines is 1. The Morgan fingerprint density at radius 2 is 1.97 bits per heavy atom. The molecule has 1 spiro atoms. The van der Waals surface area contributed by atoms with Crippen LogP contribution in [0.15, 0.2) is 42.5 Å². The highest BCUT2D eigenvalue weighted by Gasteiger charge is 2.62. The van der Waals surface area contributed by atoms with Gasteiger partial charge in [-0.05, 0) is 29.7 Å². The standard InChI is InChI=1S/C23H21N3O4/c1-12(27)26-17-6-4-3-5-14(17)23-11-18-20(28)24-16(21(29)25(18)2)10-13-7-8-19(15(23)9-13)30-22(23)26/h3-9,16,18,22H,10-11H2,1-2H3,(H,24,28)/t16-,18-,22-,23+/m1/s1. The molecule has 4 bridgehead atoms. The summed E-state index contributed by atoms with van der Waals surface area (Å²) in [4.78, 5) is 42.0. The fourth-order valence-corrected chi connectivity index (χ4v) is 5.72. The first-order chi connectivity index (χ1) is 14.4. The van der Waals surface area contributed by atoms with Crippen LogP contribution in [0, 0.1) is 0 Å². The summed E-state index contributed by atoms with van der Waals surface area (Å²) in [5.41, 5.74) is 2.98. The van der Waals surface area contributed by atoms with Gasteiger partial charge in [0, 0.05) is 26.0 Å². The Morgan fingerprint density at radius 3 is 2.77 bits per heavy atom. The van der Waals surface area contributed by atoms with Crippen LogP contribution in [0.1, 0.15) is 30.0 Å². The molecule has 30 heavy (non-hydrogen) atoms. The second kappa shape index (κ2) is 5.62. The van der Waals surface area contributed by atoms with Crippen molar-refractivity contribution in [2.24, 2.45) is 0 Å². The first-order valence-corrected chi connectivity index (χ1v) is 10.2. The molecule has 7 nitrogen and oxygen atoms in total. The minimum Gasteiger partial charge on any atom is -0.468 e. The molecule has 5 heterocycles. The van der Waals surface area contributed by atoms with E-state index < -0.39 is 23.7 Å². The highest BCUT2D eigenvalue weighted by atomic mass is 16.5. The van der Waals surface area contributed by atoms with Gasteiger partial charge >= 0.3 is 0 Å². The van der Waals surface area contributed by atoms with Crippen molar-refractivity contribution in [2.75, 3.05) is 11.9 Å². The number of fused-ring (bicyclic) bond motifs is 3. The minimum atomic E-state index is -0.728. The van der Waals surface area contributed by atoms with Gasteiger partial charge in [-0.25, -0.2) is 0 Å². The van der Waals surface area contributed by atoms with E-state index in [2.05, 4.69) is 11.4 Å². The van der Waals surface area contributed by atoms with Gasteiger partial charge in [0.05, 0.1) is 11.1 Å². The van der Waals surface area contributed by atoms with E-state index in [1.807, 2.05) is 36.4 Å². The normalized spacial score (nSPS) is 30.5. The quantitative estimate of drug-likeness (QED) is 0.720. The van der Waals surface area contributed by atoms with Gasteiger partial charge in [0.2, 0.25) is 17.7 Å². The van der Waals surface area contributed by atoms with Crippen LogP contribution in [0.5, 0.6) is 5.75 Å². The maximum atomic E-state index is 13.1. The topological polar surface area (TPSA) is 79.0 Å². The Balaban J connectivity index is 1.67. The number of amides is 3. The lowest BCUT2D eigenvalue weighted by molar-refractivity contribution is -0.148. The van der Waals surface area contributed by atoms with Crippen molar-refractivity contribution in [2.45, 2.75) is 43.5 Å². The number of carbonyl (C=O) groups excluding carboxylic acids is 3. The Kier molecular flexibility index (Phi) is 3.28. The van der Waals surface area contributed by atoms with Crippen molar-refractivity contribution in [3.63, 3.8) is 0 Å². The van der Waals surface area contributed by atoms with Crippen LogP contribution >= 0.6 is 0 Å². The van der Waals surface area contributed by atoms with Gasteiger partial charge in [-0.1, -0.05) is 30.3 Å². The molecule has 0 aromatic heterocycles. The Morgan fingerprint density at radius 1 is 1.17 bits per heavy atom. The molecule has 5 aliphatic rings. The number of rotatable bonds is 0. The molecule has 2 aromatic carbocycles. The maximum Gasteiger partial charge on any atom is 0.245 e. The molecule has 7 heteroatoms. The molecule has 3 amide bonds. The number of carbonyl (C=O) groups is 3. The predicted octanol–water partition coefficient (Wildman–Crippen LogP) is 1.33. The number of likely N-dealkylation sites (N-methyl/N-ethyl adjacent to an activating group) is 1. The Labute approximate surface area is 173 Å². The van der Waals surface area contributed by atoms with Gasteiger partial charge < -0.3 is 15.0 Å². The van der Waals surface area contributed by atoms with Gasteiger partial charge in [-0.3, -0.25) is 19.3 Å². The van der Waals surface area contributed by atoms with Crippen molar-refractivity contribution >= 4 is 23.4 Å². The fourth-order valence-electron chi connectivity index (χ4n) is 5.72. The third kappa shape index (κ3) is 1.97. The van der Waals surface area contributed by atoms with Gasteiger partial charge in [0.25, 0.3) is 0 Å². The average Bonchev–Trinajstić information content (AvgIpc) is 3.18. The molecular weight excluding hydrogens is 382 g/mol. The van der Waals surface area contributed by atoms with Gasteiger partial charge in [-0.15, -0.1) is 0 Å². The van der Waals surface area contributed by atoms with Crippen molar-refractivity contribution < 1.29 is 19.1 Å². The second-order valence-corrected chi connectivity index (χ2v) is 8.61. The summed E-state index contributed by atoms with van der Waals surface area (Å²) in [5.74, 6) is 0.364. The molecule has 7 rings (SSSR count). The minimum absolute atomic E-state index is 0.0892. The van der Waals surface area contributed by atoms with Crippen LogP contribution in [0.3, 0.4) is 0 Å². The van der Waals surface area contributed by atoms with E-state index in [4.69, 9.17) is 4.74 Å². The van der Waals surface area contributed by atoms with Gasteiger partial charge in [-0.2, -0.15) is 0 Å². The molecule has 1 saturated heterocycles. The van der Waals surface area contributed by atoms with Crippen LogP contribution in [-0.2, 0) is 26.2 Å². The van der Waals surface area contributed by atoms with Gasteiger partial charge in [0.15, 0.2) is 6.23 Å². The van der Waals surface area contributed by atoms with E-state index >= 15 is 0 Å². The molecule has 1 N–H and O–H groups in total. The second-order valence-electron chi connectivity index (χ2n) is 8.61. The molecule has 0 saturated carbocycles. The fraction of sp³-hybridized carbons (Fsp3) is 0.348. The van der Waals surface area contributed by atoms with E-state index in [0.29, 0.717) is 12.8 Å². The van der Waals surface area contributed by atoms with Crippen LogP contribution in [0.25, 0.3) is 0 Å². The number of ether oxygens (including phenoxy) is 1. The SMILES string of the molecule is CC(=O)N1c2ccccc2[C@@]23C[C@@H]4C(=O)N[C@H](Cc5ccc(c2c5)O[C@@H]13)C(=O)N4C. The summed E-state index contributed by atoms with van der Waals surface area (Å²) >= 11 is 0. The summed E-state index contributed by atoms with van der Waals surface area (Å²) in [6, 6.07) is 12.5. The number of piperazine rings is 1. The molecule has 1 fully saturated rings. The lowest BCUT2D eigenvalue weighted by Gasteiger charge is -2.42.